The zero-order chi connectivity index (χ0) is 6.41. The van der Waals surface area contributed by atoms with Crippen LogP contribution in [0.5, 0.6) is 0 Å². The normalized spacial score (nSPS) is 14.4. The van der Waals surface area contributed by atoms with E-state index in [1.54, 1.807) is 0 Å². The van der Waals surface area contributed by atoms with Crippen molar-refractivity contribution in [2.24, 2.45) is 0 Å². The van der Waals surface area contributed by atoms with Crippen molar-refractivity contribution in [3.05, 3.63) is 12.3 Å². The predicted octanol–water partition coefficient (Wildman–Crippen LogP) is 1.74. The number of allylic oxidation sites excluding steroid dienone is 1. The van der Waals surface area contributed by atoms with E-state index in [9.17, 15) is 0 Å². The summed E-state index contributed by atoms with van der Waals surface area (Å²) in [6.45, 7) is 1.97. The van der Waals surface area contributed by atoms with Crippen LogP contribution in [0.3, 0.4) is 0 Å². The van der Waals surface area contributed by atoms with E-state index in [-0.39, 0.29) is 5.38 Å². The Hall–Kier alpha value is -0.170. The van der Waals surface area contributed by atoms with Crippen LogP contribution in [-0.2, 0) is 0 Å². The van der Waals surface area contributed by atoms with Crippen LogP contribution in [0.4, 0.5) is 0 Å². The molecule has 0 bridgehead atoms. The minimum Gasteiger partial charge on any atom is -0.394 e. The molecule has 1 nitrogen and oxygen atoms in total. The van der Waals surface area contributed by atoms with Crippen LogP contribution in [0.2, 0.25) is 0 Å². The zero-order valence-electron chi connectivity index (χ0n) is 5.32. The van der Waals surface area contributed by atoms with Crippen molar-refractivity contribution in [3.8, 4) is 0 Å². The second-order valence-corrected chi connectivity index (χ2v) is 2.45. The van der Waals surface area contributed by atoms with Crippen molar-refractivity contribution < 1.29 is 0 Å². The van der Waals surface area contributed by atoms with Crippen molar-refractivity contribution >= 4 is 11.6 Å². The Morgan fingerprint density at radius 3 is 2.75 bits per heavy atom. The van der Waals surface area contributed by atoms with Gasteiger partial charge in [0, 0.05) is 12.4 Å². The predicted molar refractivity (Wildman–Crippen MR) is 38.1 cm³/mol. The number of hydrogen-bond acceptors (Lipinski definition) is 1. The van der Waals surface area contributed by atoms with E-state index in [2.05, 4.69) is 5.32 Å². The first-order valence-electron chi connectivity index (χ1n) is 2.73. The maximum Gasteiger partial charge on any atom is 0.0342 e. The van der Waals surface area contributed by atoms with Crippen LogP contribution in [-0.4, -0.2) is 12.4 Å². The maximum absolute atomic E-state index is 5.63. The molecule has 0 aliphatic carbocycles. The number of nitrogens with one attached hydrogen (secondary N) is 1. The first-order valence-corrected chi connectivity index (χ1v) is 3.17. The third kappa shape index (κ3) is 5.83. The zero-order valence-corrected chi connectivity index (χ0v) is 6.07. The molecule has 1 unspecified atom stereocenters. The maximum atomic E-state index is 5.63. The van der Waals surface area contributed by atoms with Crippen molar-refractivity contribution in [1.82, 2.24) is 5.32 Å². The topological polar surface area (TPSA) is 12.0 Å². The molecule has 0 fully saturated rings. The van der Waals surface area contributed by atoms with Crippen LogP contribution in [0, 0.1) is 0 Å². The van der Waals surface area contributed by atoms with Crippen LogP contribution in [0.25, 0.3) is 0 Å². The molecule has 0 heterocycles. The Morgan fingerprint density at radius 2 is 2.38 bits per heavy atom. The summed E-state index contributed by atoms with van der Waals surface area (Å²) in [5, 5.41) is 3.13. The third-order valence-corrected chi connectivity index (χ3v) is 0.924. The SMILES string of the molecule is CN/C=C\CC(C)Cl. The molecule has 0 aliphatic heterocycles. The molecule has 0 radical (unpaired) electrons. The molecule has 2 heteroatoms. The first kappa shape index (κ1) is 7.83. The van der Waals surface area contributed by atoms with Crippen molar-refractivity contribution in [3.63, 3.8) is 0 Å². The van der Waals surface area contributed by atoms with Gasteiger partial charge in [0.05, 0.1) is 0 Å². The molecule has 1 atom stereocenters. The standard InChI is InChI=1S/C6H12ClN/c1-6(7)4-3-5-8-2/h3,5-6,8H,4H2,1-2H3/b5-3-. The lowest BCUT2D eigenvalue weighted by Gasteiger charge is -1.92. The molecule has 0 aliphatic rings. The Bertz CT molecular complexity index is 68.9. The molecule has 8 heavy (non-hydrogen) atoms. The summed E-state index contributed by atoms with van der Waals surface area (Å²) in [4.78, 5) is 0. The molecular weight excluding hydrogens is 122 g/mol. The summed E-state index contributed by atoms with van der Waals surface area (Å²) in [6.07, 6.45) is 4.83. The van der Waals surface area contributed by atoms with E-state index in [1.165, 1.54) is 0 Å². The Kier molecular flexibility index (Phi) is 4.87. The molecule has 0 spiro atoms. The van der Waals surface area contributed by atoms with Crippen molar-refractivity contribution in [2.75, 3.05) is 7.05 Å². The molecule has 0 aromatic rings. The lowest BCUT2D eigenvalue weighted by atomic mass is 10.3. The van der Waals surface area contributed by atoms with Gasteiger partial charge in [0.25, 0.3) is 0 Å². The monoisotopic (exact) mass is 133 g/mol. The highest BCUT2D eigenvalue weighted by molar-refractivity contribution is 6.20. The summed E-state index contributed by atoms with van der Waals surface area (Å²) in [7, 11) is 1.87. The quantitative estimate of drug-likeness (QED) is 0.579. The van der Waals surface area contributed by atoms with E-state index in [1.807, 2.05) is 26.2 Å². The van der Waals surface area contributed by atoms with Gasteiger partial charge in [-0.1, -0.05) is 6.08 Å². The van der Waals surface area contributed by atoms with E-state index in [4.69, 9.17) is 11.6 Å². The third-order valence-electron chi connectivity index (χ3n) is 0.745. The molecular formula is C6H12ClN. The van der Waals surface area contributed by atoms with Crippen LogP contribution in [0.1, 0.15) is 13.3 Å². The molecule has 1 N–H and O–H groups in total. The largest absolute Gasteiger partial charge is 0.394 e. The lowest BCUT2D eigenvalue weighted by molar-refractivity contribution is 0.952. The smallest absolute Gasteiger partial charge is 0.0342 e. The number of alkyl halides is 1. The minimum absolute atomic E-state index is 0.250. The molecule has 0 aromatic carbocycles. The van der Waals surface area contributed by atoms with Gasteiger partial charge in [-0.3, -0.25) is 0 Å². The van der Waals surface area contributed by atoms with Gasteiger partial charge in [0.1, 0.15) is 0 Å². The van der Waals surface area contributed by atoms with Crippen LogP contribution in [0.15, 0.2) is 12.3 Å². The van der Waals surface area contributed by atoms with Gasteiger partial charge < -0.3 is 5.32 Å². The summed E-state index contributed by atoms with van der Waals surface area (Å²) in [6, 6.07) is 0. The van der Waals surface area contributed by atoms with Crippen molar-refractivity contribution in [2.45, 2.75) is 18.7 Å². The van der Waals surface area contributed by atoms with Gasteiger partial charge in [-0.25, -0.2) is 0 Å². The highest BCUT2D eigenvalue weighted by atomic mass is 35.5. The fourth-order valence-corrected chi connectivity index (χ4v) is 0.476. The Balaban J connectivity index is 3.03. The van der Waals surface area contributed by atoms with Gasteiger partial charge in [0.15, 0.2) is 0 Å². The van der Waals surface area contributed by atoms with E-state index >= 15 is 0 Å². The molecule has 0 rings (SSSR count). The summed E-state index contributed by atoms with van der Waals surface area (Å²) in [5.74, 6) is 0. The molecule has 0 saturated heterocycles. The van der Waals surface area contributed by atoms with Gasteiger partial charge in [-0.2, -0.15) is 0 Å². The Labute approximate surface area is 55.7 Å². The van der Waals surface area contributed by atoms with Gasteiger partial charge >= 0.3 is 0 Å². The fourth-order valence-electron chi connectivity index (χ4n) is 0.373. The highest BCUT2D eigenvalue weighted by Gasteiger charge is 1.87. The lowest BCUT2D eigenvalue weighted by Crippen LogP contribution is -1.93. The second-order valence-electron chi connectivity index (χ2n) is 1.71. The minimum atomic E-state index is 0.250. The Morgan fingerprint density at radius 1 is 1.75 bits per heavy atom. The molecule has 0 saturated carbocycles. The summed E-state index contributed by atoms with van der Waals surface area (Å²) < 4.78 is 0. The molecule has 0 amide bonds. The van der Waals surface area contributed by atoms with Crippen molar-refractivity contribution in [1.29, 1.82) is 0 Å². The fraction of sp³-hybridized carbons (Fsp3) is 0.667. The first-order chi connectivity index (χ1) is 3.77. The number of halogens is 1. The molecule has 48 valence electrons. The van der Waals surface area contributed by atoms with Gasteiger partial charge in [0.2, 0.25) is 0 Å². The number of rotatable bonds is 3. The van der Waals surface area contributed by atoms with Crippen LogP contribution >= 0.6 is 11.6 Å². The van der Waals surface area contributed by atoms with E-state index < -0.39 is 0 Å². The van der Waals surface area contributed by atoms with Crippen LogP contribution < -0.4 is 5.32 Å². The van der Waals surface area contributed by atoms with Gasteiger partial charge in [-0.15, -0.1) is 11.6 Å². The second kappa shape index (κ2) is 4.98. The summed E-state index contributed by atoms with van der Waals surface area (Å²) >= 11 is 5.63. The molecule has 0 aromatic heterocycles. The van der Waals surface area contributed by atoms with E-state index in [0.717, 1.165) is 6.42 Å². The van der Waals surface area contributed by atoms with E-state index in [0.29, 0.717) is 0 Å². The number of hydrogen-bond donors (Lipinski definition) is 1. The average Bonchev–Trinajstić information content (AvgIpc) is 1.66. The van der Waals surface area contributed by atoms with Gasteiger partial charge in [-0.05, 0) is 19.5 Å². The summed E-state index contributed by atoms with van der Waals surface area (Å²) in [5.41, 5.74) is 0. The average molecular weight is 134 g/mol. The highest BCUT2D eigenvalue weighted by Crippen LogP contribution is 1.98.